The van der Waals surface area contributed by atoms with E-state index in [1.54, 1.807) is 13.3 Å². The molecule has 0 spiro atoms. The van der Waals surface area contributed by atoms with E-state index in [2.05, 4.69) is 34.4 Å². The minimum atomic E-state index is 0.644. The molecule has 1 saturated heterocycles. The van der Waals surface area contributed by atoms with Gasteiger partial charge in [-0.1, -0.05) is 13.8 Å². The first-order valence-electron chi connectivity index (χ1n) is 9.75. The maximum absolute atomic E-state index is 5.48. The van der Waals surface area contributed by atoms with E-state index in [1.807, 2.05) is 24.3 Å². The number of methoxy groups -OCH3 is 1. The number of thiocarbonyl (C=S) groups is 1. The first-order valence-corrected chi connectivity index (χ1v) is 10.2. The number of pyridine rings is 1. The van der Waals surface area contributed by atoms with Crippen molar-refractivity contribution in [3.05, 3.63) is 30.5 Å². The van der Waals surface area contributed by atoms with Crippen LogP contribution in [0.3, 0.4) is 0 Å². The molecule has 1 aliphatic heterocycles. The highest BCUT2D eigenvalue weighted by Gasteiger charge is 2.21. The zero-order chi connectivity index (χ0) is 19.2. The van der Waals surface area contributed by atoms with Gasteiger partial charge >= 0.3 is 0 Å². The number of benzene rings is 1. The summed E-state index contributed by atoms with van der Waals surface area (Å²) in [6.45, 7) is 9.15. The van der Waals surface area contributed by atoms with Gasteiger partial charge in [0.25, 0.3) is 0 Å². The van der Waals surface area contributed by atoms with Crippen LogP contribution in [-0.2, 0) is 0 Å². The fourth-order valence-corrected chi connectivity index (χ4v) is 4.28. The Morgan fingerprint density at radius 2 is 2.04 bits per heavy atom. The van der Waals surface area contributed by atoms with E-state index in [1.165, 1.54) is 19.5 Å². The molecular formula is C21H30N4OS. The molecule has 0 saturated carbocycles. The second kappa shape index (κ2) is 9.33. The average Bonchev–Trinajstić information content (AvgIpc) is 2.65. The summed E-state index contributed by atoms with van der Waals surface area (Å²) >= 11 is 5.48. The molecule has 2 N–H and O–H groups in total. The van der Waals surface area contributed by atoms with Gasteiger partial charge in [0, 0.05) is 36.9 Å². The lowest BCUT2D eigenvalue weighted by molar-refractivity contribution is 0.140. The van der Waals surface area contributed by atoms with Crippen LogP contribution in [0.1, 0.15) is 26.7 Å². The molecular weight excluding hydrogens is 356 g/mol. The van der Waals surface area contributed by atoms with Crippen LogP contribution in [0.5, 0.6) is 5.75 Å². The molecule has 0 radical (unpaired) electrons. The molecule has 1 aromatic carbocycles. The fraction of sp³-hybridized carbons (Fsp3) is 0.524. The Morgan fingerprint density at radius 3 is 2.78 bits per heavy atom. The van der Waals surface area contributed by atoms with Crippen LogP contribution in [0.25, 0.3) is 10.9 Å². The molecule has 27 heavy (non-hydrogen) atoms. The highest BCUT2D eigenvalue weighted by atomic mass is 32.1. The summed E-state index contributed by atoms with van der Waals surface area (Å²) in [4.78, 5) is 7.01. The molecule has 6 heteroatoms. The van der Waals surface area contributed by atoms with Crippen LogP contribution in [0.2, 0.25) is 0 Å². The van der Waals surface area contributed by atoms with Crippen LogP contribution in [-0.4, -0.2) is 48.3 Å². The number of likely N-dealkylation sites (tertiary alicyclic amines) is 1. The van der Waals surface area contributed by atoms with Crippen molar-refractivity contribution in [3.8, 4) is 5.75 Å². The van der Waals surface area contributed by atoms with E-state index >= 15 is 0 Å². The smallest absolute Gasteiger partial charge is 0.170 e. The number of anilines is 1. The zero-order valence-electron chi connectivity index (χ0n) is 16.5. The molecule has 2 heterocycles. The zero-order valence-corrected chi connectivity index (χ0v) is 17.3. The standard InChI is InChI=1S/C21H30N4OS/c1-15-12-16(2)14-25(13-15)11-5-10-23-21(27)24-18-7-8-19(26-3)20-17(18)6-4-9-22-20/h4,6-9,15-16H,5,10-14H2,1-3H3,(H2,23,24,27)/t15-,16-/m0/s1. The fourth-order valence-electron chi connectivity index (χ4n) is 4.07. The SMILES string of the molecule is COc1ccc(NC(=S)NCCCN2C[C@@H](C)C[C@H](C)C2)c2cccnc12. The summed E-state index contributed by atoms with van der Waals surface area (Å²) in [5.74, 6) is 2.38. The Morgan fingerprint density at radius 1 is 1.26 bits per heavy atom. The largest absolute Gasteiger partial charge is 0.494 e. The van der Waals surface area contributed by atoms with Gasteiger partial charge in [0.1, 0.15) is 11.3 Å². The van der Waals surface area contributed by atoms with Gasteiger partial charge in [0.05, 0.1) is 7.11 Å². The molecule has 0 unspecified atom stereocenters. The van der Waals surface area contributed by atoms with Crippen molar-refractivity contribution < 1.29 is 4.74 Å². The maximum Gasteiger partial charge on any atom is 0.170 e. The molecule has 5 nitrogen and oxygen atoms in total. The van der Waals surface area contributed by atoms with Gasteiger partial charge in [-0.15, -0.1) is 0 Å². The van der Waals surface area contributed by atoms with E-state index in [0.717, 1.165) is 53.7 Å². The molecule has 2 aromatic rings. The van der Waals surface area contributed by atoms with Crippen LogP contribution < -0.4 is 15.4 Å². The van der Waals surface area contributed by atoms with E-state index in [-0.39, 0.29) is 0 Å². The van der Waals surface area contributed by atoms with Crippen molar-refractivity contribution in [3.63, 3.8) is 0 Å². The van der Waals surface area contributed by atoms with E-state index < -0.39 is 0 Å². The number of hydrogen-bond acceptors (Lipinski definition) is 4. The molecule has 2 atom stereocenters. The molecule has 146 valence electrons. The summed E-state index contributed by atoms with van der Waals surface area (Å²) < 4.78 is 5.40. The maximum atomic E-state index is 5.48. The van der Waals surface area contributed by atoms with E-state index in [4.69, 9.17) is 17.0 Å². The Kier molecular flexibility index (Phi) is 6.85. The Labute approximate surface area is 167 Å². The van der Waals surface area contributed by atoms with Crippen LogP contribution in [0.15, 0.2) is 30.5 Å². The predicted octanol–water partition coefficient (Wildman–Crippen LogP) is 3.90. The third kappa shape index (κ3) is 5.30. The van der Waals surface area contributed by atoms with Gasteiger partial charge in [0.2, 0.25) is 0 Å². The number of fused-ring (bicyclic) bond motifs is 1. The Balaban J connectivity index is 1.49. The van der Waals surface area contributed by atoms with Crippen LogP contribution in [0, 0.1) is 11.8 Å². The van der Waals surface area contributed by atoms with Crippen molar-refractivity contribution >= 4 is 33.9 Å². The quantitative estimate of drug-likeness (QED) is 0.580. The summed E-state index contributed by atoms with van der Waals surface area (Å²) in [5, 5.41) is 8.27. The first-order chi connectivity index (χ1) is 13.1. The lowest BCUT2D eigenvalue weighted by Gasteiger charge is -2.35. The summed E-state index contributed by atoms with van der Waals surface area (Å²) in [6.07, 6.45) is 4.22. The van der Waals surface area contributed by atoms with Crippen molar-refractivity contribution in [2.75, 3.05) is 38.6 Å². The average molecular weight is 387 g/mol. The van der Waals surface area contributed by atoms with Gasteiger partial charge < -0.3 is 20.3 Å². The highest BCUT2D eigenvalue weighted by Crippen LogP contribution is 2.29. The Hall–Kier alpha value is -1.92. The number of aromatic nitrogens is 1. The van der Waals surface area contributed by atoms with Crippen molar-refractivity contribution in [2.45, 2.75) is 26.7 Å². The van der Waals surface area contributed by atoms with Gasteiger partial charge in [-0.3, -0.25) is 4.98 Å². The van der Waals surface area contributed by atoms with Crippen LogP contribution in [0.4, 0.5) is 5.69 Å². The highest BCUT2D eigenvalue weighted by molar-refractivity contribution is 7.80. The molecule has 0 amide bonds. The molecule has 1 fully saturated rings. The van der Waals surface area contributed by atoms with Crippen molar-refractivity contribution in [2.24, 2.45) is 11.8 Å². The van der Waals surface area contributed by atoms with Gasteiger partial charge in [-0.25, -0.2) is 0 Å². The lowest BCUT2D eigenvalue weighted by Crippen LogP contribution is -2.40. The molecule has 1 aliphatic rings. The number of nitrogens with one attached hydrogen (secondary N) is 2. The summed E-state index contributed by atoms with van der Waals surface area (Å²) in [5.41, 5.74) is 1.77. The normalized spacial score (nSPS) is 20.4. The second-order valence-electron chi connectivity index (χ2n) is 7.66. The molecule has 1 aromatic heterocycles. The molecule has 3 rings (SSSR count). The van der Waals surface area contributed by atoms with Crippen LogP contribution >= 0.6 is 12.2 Å². The van der Waals surface area contributed by atoms with E-state index in [0.29, 0.717) is 5.11 Å². The number of nitrogens with zero attached hydrogens (tertiary/aromatic N) is 2. The third-order valence-corrected chi connectivity index (χ3v) is 5.33. The summed E-state index contributed by atoms with van der Waals surface area (Å²) in [6, 6.07) is 7.84. The number of ether oxygens (including phenoxy) is 1. The minimum absolute atomic E-state index is 0.644. The van der Waals surface area contributed by atoms with Crippen molar-refractivity contribution in [1.82, 2.24) is 15.2 Å². The third-order valence-electron chi connectivity index (χ3n) is 5.08. The topological polar surface area (TPSA) is 49.4 Å². The predicted molar refractivity (Wildman–Crippen MR) is 117 cm³/mol. The second-order valence-corrected chi connectivity index (χ2v) is 8.06. The van der Waals surface area contributed by atoms with Gasteiger partial charge in [0.15, 0.2) is 5.11 Å². The van der Waals surface area contributed by atoms with Crippen molar-refractivity contribution in [1.29, 1.82) is 0 Å². The van der Waals surface area contributed by atoms with Gasteiger partial charge in [-0.05, 0) is 67.7 Å². The molecule has 0 aliphatic carbocycles. The summed E-state index contributed by atoms with van der Waals surface area (Å²) in [7, 11) is 1.66. The number of rotatable bonds is 6. The monoisotopic (exact) mass is 386 g/mol. The lowest BCUT2D eigenvalue weighted by atomic mass is 9.92. The molecule has 0 bridgehead atoms. The van der Waals surface area contributed by atoms with Gasteiger partial charge in [-0.2, -0.15) is 0 Å². The Bertz CT molecular complexity index is 772. The van der Waals surface area contributed by atoms with E-state index in [9.17, 15) is 0 Å². The minimum Gasteiger partial charge on any atom is -0.494 e. The number of piperidine rings is 1. The number of hydrogen-bond donors (Lipinski definition) is 2. The first kappa shape index (κ1) is 19.8.